The smallest absolute Gasteiger partial charge is 0.356 e. The summed E-state index contributed by atoms with van der Waals surface area (Å²) < 4.78 is 1.47. The van der Waals surface area contributed by atoms with Crippen LogP contribution < -0.4 is 0 Å². The molecule has 0 fully saturated rings. The number of carboxylic acids is 1. The van der Waals surface area contributed by atoms with E-state index in [0.29, 0.717) is 11.3 Å². The summed E-state index contributed by atoms with van der Waals surface area (Å²) in [4.78, 5) is 10.8. The lowest BCUT2D eigenvalue weighted by atomic mass is 10.3. The van der Waals surface area contributed by atoms with Crippen molar-refractivity contribution in [3.63, 3.8) is 0 Å². The van der Waals surface area contributed by atoms with E-state index in [2.05, 4.69) is 15.3 Å². The highest BCUT2D eigenvalue weighted by Gasteiger charge is 2.12. The lowest BCUT2D eigenvalue weighted by Gasteiger charge is -1.97. The first kappa shape index (κ1) is 9.32. The van der Waals surface area contributed by atoms with Crippen LogP contribution in [0.15, 0.2) is 24.7 Å². The minimum atomic E-state index is -1.03. The number of carbonyl (C=O) groups is 1. The van der Waals surface area contributed by atoms with Crippen molar-refractivity contribution in [2.75, 3.05) is 0 Å². The fraction of sp³-hybridized carbons (Fsp3) is 0.111. The molecule has 2 aromatic heterocycles. The van der Waals surface area contributed by atoms with Crippen LogP contribution >= 0.6 is 0 Å². The number of hydrogen-bond acceptors (Lipinski definition) is 4. The van der Waals surface area contributed by atoms with Crippen LogP contribution in [0.2, 0.25) is 0 Å². The lowest BCUT2D eigenvalue weighted by Crippen LogP contribution is -2.02. The SMILES string of the molecule is Cc1cn(-c2ccnnc2)nc1C(=O)O. The first-order valence-corrected chi connectivity index (χ1v) is 4.25. The third-order valence-corrected chi connectivity index (χ3v) is 1.93. The molecule has 0 aliphatic heterocycles. The molecular formula is C9H8N4O2. The van der Waals surface area contributed by atoms with E-state index in [-0.39, 0.29) is 5.69 Å². The molecule has 0 spiro atoms. The molecule has 2 heterocycles. The molecule has 2 aromatic rings. The molecule has 6 nitrogen and oxygen atoms in total. The van der Waals surface area contributed by atoms with E-state index < -0.39 is 5.97 Å². The summed E-state index contributed by atoms with van der Waals surface area (Å²) in [5, 5.41) is 20.1. The molecule has 0 bridgehead atoms. The Morgan fingerprint density at radius 3 is 2.80 bits per heavy atom. The quantitative estimate of drug-likeness (QED) is 0.777. The molecule has 2 rings (SSSR count). The van der Waals surface area contributed by atoms with Crippen molar-refractivity contribution < 1.29 is 9.90 Å². The molecule has 6 heteroatoms. The molecule has 0 aromatic carbocycles. The zero-order chi connectivity index (χ0) is 10.8. The van der Waals surface area contributed by atoms with E-state index in [0.717, 1.165) is 0 Å². The maximum atomic E-state index is 10.8. The molecule has 0 aliphatic carbocycles. The van der Waals surface area contributed by atoms with Crippen molar-refractivity contribution in [2.45, 2.75) is 6.92 Å². The summed E-state index contributed by atoms with van der Waals surface area (Å²) in [6.07, 6.45) is 4.67. The van der Waals surface area contributed by atoms with Crippen molar-refractivity contribution in [1.29, 1.82) is 0 Å². The van der Waals surface area contributed by atoms with Crippen LogP contribution in [-0.2, 0) is 0 Å². The van der Waals surface area contributed by atoms with Gasteiger partial charge in [-0.05, 0) is 13.0 Å². The Morgan fingerprint density at radius 1 is 1.47 bits per heavy atom. The number of carboxylic acid groups (broad SMARTS) is 1. The van der Waals surface area contributed by atoms with Crippen molar-refractivity contribution in [1.82, 2.24) is 20.0 Å². The van der Waals surface area contributed by atoms with Gasteiger partial charge in [0.1, 0.15) is 0 Å². The summed E-state index contributed by atoms with van der Waals surface area (Å²) in [6.45, 7) is 1.70. The number of aromatic carboxylic acids is 1. The average molecular weight is 204 g/mol. The highest BCUT2D eigenvalue weighted by atomic mass is 16.4. The molecule has 0 aliphatic rings. The largest absolute Gasteiger partial charge is 0.476 e. The van der Waals surface area contributed by atoms with Crippen LogP contribution in [0.5, 0.6) is 0 Å². The van der Waals surface area contributed by atoms with E-state index >= 15 is 0 Å². The van der Waals surface area contributed by atoms with Gasteiger partial charge < -0.3 is 5.11 Å². The molecule has 0 unspecified atom stereocenters. The van der Waals surface area contributed by atoms with E-state index in [1.165, 1.54) is 17.1 Å². The summed E-state index contributed by atoms with van der Waals surface area (Å²) in [6, 6.07) is 1.70. The zero-order valence-electron chi connectivity index (χ0n) is 7.95. The van der Waals surface area contributed by atoms with E-state index in [1.807, 2.05) is 0 Å². The summed E-state index contributed by atoms with van der Waals surface area (Å²) in [5.74, 6) is -1.03. The molecule has 15 heavy (non-hydrogen) atoms. The van der Waals surface area contributed by atoms with Gasteiger partial charge in [0.05, 0.1) is 18.1 Å². The first-order valence-electron chi connectivity index (χ1n) is 4.25. The van der Waals surface area contributed by atoms with Crippen molar-refractivity contribution >= 4 is 5.97 Å². The second-order valence-electron chi connectivity index (χ2n) is 3.01. The van der Waals surface area contributed by atoms with Gasteiger partial charge in [0.25, 0.3) is 0 Å². The molecule has 0 radical (unpaired) electrons. The zero-order valence-corrected chi connectivity index (χ0v) is 7.95. The fourth-order valence-electron chi connectivity index (χ4n) is 1.22. The molecule has 0 atom stereocenters. The summed E-state index contributed by atoms with van der Waals surface area (Å²) in [7, 11) is 0. The number of aromatic nitrogens is 4. The predicted molar refractivity (Wildman–Crippen MR) is 50.9 cm³/mol. The van der Waals surface area contributed by atoms with Crippen molar-refractivity contribution in [3.8, 4) is 5.69 Å². The second kappa shape index (κ2) is 3.49. The lowest BCUT2D eigenvalue weighted by molar-refractivity contribution is 0.0689. The number of nitrogens with zero attached hydrogens (tertiary/aromatic N) is 4. The van der Waals surface area contributed by atoms with Crippen LogP contribution in [-0.4, -0.2) is 31.1 Å². The Balaban J connectivity index is 2.48. The summed E-state index contributed by atoms with van der Waals surface area (Å²) >= 11 is 0. The molecule has 0 amide bonds. The third kappa shape index (κ3) is 1.69. The minimum absolute atomic E-state index is 0.0480. The highest BCUT2D eigenvalue weighted by molar-refractivity contribution is 5.86. The monoisotopic (exact) mass is 204 g/mol. The number of hydrogen-bond donors (Lipinski definition) is 1. The van der Waals surface area contributed by atoms with Crippen LogP contribution in [0.25, 0.3) is 5.69 Å². The van der Waals surface area contributed by atoms with Crippen LogP contribution in [0, 0.1) is 6.92 Å². The van der Waals surface area contributed by atoms with Gasteiger partial charge in [-0.25, -0.2) is 9.48 Å². The van der Waals surface area contributed by atoms with Crippen molar-refractivity contribution in [3.05, 3.63) is 35.9 Å². The molecular weight excluding hydrogens is 196 g/mol. The highest BCUT2D eigenvalue weighted by Crippen LogP contribution is 2.09. The van der Waals surface area contributed by atoms with Crippen LogP contribution in [0.4, 0.5) is 0 Å². The van der Waals surface area contributed by atoms with E-state index in [1.54, 1.807) is 19.2 Å². The normalized spacial score (nSPS) is 10.2. The van der Waals surface area contributed by atoms with Crippen LogP contribution in [0.1, 0.15) is 16.1 Å². The molecule has 0 saturated carbocycles. The Hall–Kier alpha value is -2.24. The standard InChI is InChI=1S/C9H8N4O2/c1-6-5-13(12-8(6)9(14)15)7-2-3-10-11-4-7/h2-5H,1H3,(H,14,15). The van der Waals surface area contributed by atoms with Gasteiger partial charge >= 0.3 is 5.97 Å². The predicted octanol–water partition coefficient (Wildman–Crippen LogP) is 0.669. The molecule has 76 valence electrons. The van der Waals surface area contributed by atoms with E-state index in [9.17, 15) is 4.79 Å². The number of rotatable bonds is 2. The van der Waals surface area contributed by atoms with Gasteiger partial charge in [0, 0.05) is 11.8 Å². The van der Waals surface area contributed by atoms with E-state index in [4.69, 9.17) is 5.11 Å². The van der Waals surface area contributed by atoms with Crippen LogP contribution in [0.3, 0.4) is 0 Å². The maximum absolute atomic E-state index is 10.8. The van der Waals surface area contributed by atoms with Crippen molar-refractivity contribution in [2.24, 2.45) is 0 Å². The Kier molecular flexibility index (Phi) is 2.17. The topological polar surface area (TPSA) is 80.9 Å². The van der Waals surface area contributed by atoms with Gasteiger partial charge in [-0.15, -0.1) is 0 Å². The minimum Gasteiger partial charge on any atom is -0.476 e. The Morgan fingerprint density at radius 2 is 2.27 bits per heavy atom. The third-order valence-electron chi connectivity index (χ3n) is 1.93. The maximum Gasteiger partial charge on any atom is 0.356 e. The summed E-state index contributed by atoms with van der Waals surface area (Å²) in [5.41, 5.74) is 1.34. The average Bonchev–Trinajstić information content (AvgIpc) is 2.62. The number of aryl methyl sites for hydroxylation is 1. The van der Waals surface area contributed by atoms with Gasteiger partial charge in [-0.2, -0.15) is 15.3 Å². The molecule has 1 N–H and O–H groups in total. The first-order chi connectivity index (χ1) is 7.18. The Labute approximate surface area is 85.2 Å². The van der Waals surface area contributed by atoms with Gasteiger partial charge in [0.2, 0.25) is 0 Å². The fourth-order valence-corrected chi connectivity index (χ4v) is 1.22. The van der Waals surface area contributed by atoms with Gasteiger partial charge in [-0.1, -0.05) is 0 Å². The molecule has 0 saturated heterocycles. The second-order valence-corrected chi connectivity index (χ2v) is 3.01. The van der Waals surface area contributed by atoms with Gasteiger partial charge in [-0.3, -0.25) is 0 Å². The van der Waals surface area contributed by atoms with Gasteiger partial charge in [0.15, 0.2) is 5.69 Å². The Bertz CT molecular complexity index is 492.